The van der Waals surface area contributed by atoms with Crippen LogP contribution < -0.4 is 0 Å². The van der Waals surface area contributed by atoms with Gasteiger partial charge in [0, 0.05) is 25.9 Å². The maximum absolute atomic E-state index is 11.8. The van der Waals surface area contributed by atoms with Gasteiger partial charge < -0.3 is 4.90 Å². The standard InChI is InChI=1S/C13H21NO2.C2H6/c1-3-4-12(15)5-6-13(16)14-9-7-11(2)8-10-14;1-2/h3-4,11H,5-10H2,1-2H3;1-2H3/b4-3+;. The van der Waals surface area contributed by atoms with Crippen molar-refractivity contribution >= 4 is 11.7 Å². The van der Waals surface area contributed by atoms with Crippen LogP contribution in [0, 0.1) is 5.92 Å². The first kappa shape index (κ1) is 16.9. The van der Waals surface area contributed by atoms with Gasteiger partial charge >= 0.3 is 0 Å². The lowest BCUT2D eigenvalue weighted by Crippen LogP contribution is -2.37. The minimum absolute atomic E-state index is 0.0428. The Morgan fingerprint density at radius 1 is 1.17 bits per heavy atom. The van der Waals surface area contributed by atoms with Crippen LogP contribution in [-0.2, 0) is 9.59 Å². The minimum Gasteiger partial charge on any atom is -0.343 e. The zero-order chi connectivity index (χ0) is 14.0. The number of hydrogen-bond acceptors (Lipinski definition) is 2. The van der Waals surface area contributed by atoms with Gasteiger partial charge in [-0.1, -0.05) is 26.8 Å². The van der Waals surface area contributed by atoms with E-state index in [0.29, 0.717) is 12.8 Å². The van der Waals surface area contributed by atoms with Gasteiger partial charge in [-0.3, -0.25) is 9.59 Å². The van der Waals surface area contributed by atoms with Crippen LogP contribution in [0.1, 0.15) is 53.4 Å². The number of nitrogens with zero attached hydrogens (tertiary/aromatic N) is 1. The van der Waals surface area contributed by atoms with E-state index in [9.17, 15) is 9.59 Å². The largest absolute Gasteiger partial charge is 0.343 e. The highest BCUT2D eigenvalue weighted by Crippen LogP contribution is 2.16. The smallest absolute Gasteiger partial charge is 0.223 e. The number of allylic oxidation sites excluding steroid dienone is 2. The summed E-state index contributed by atoms with van der Waals surface area (Å²) < 4.78 is 0. The van der Waals surface area contributed by atoms with E-state index in [1.165, 1.54) is 6.08 Å². The minimum atomic E-state index is 0.0428. The quantitative estimate of drug-likeness (QED) is 0.721. The Hall–Kier alpha value is -1.12. The number of amides is 1. The highest BCUT2D eigenvalue weighted by Gasteiger charge is 2.20. The second kappa shape index (κ2) is 9.86. The fraction of sp³-hybridized carbons (Fsp3) is 0.733. The molecule has 0 aromatic heterocycles. The van der Waals surface area contributed by atoms with Crippen LogP contribution in [0.3, 0.4) is 0 Å². The Balaban J connectivity index is 0.00000137. The normalized spacial score (nSPS) is 16.3. The van der Waals surface area contributed by atoms with Crippen molar-refractivity contribution < 1.29 is 9.59 Å². The molecular formula is C15H27NO2. The molecule has 104 valence electrons. The van der Waals surface area contributed by atoms with Gasteiger partial charge in [-0.15, -0.1) is 0 Å². The van der Waals surface area contributed by atoms with Crippen LogP contribution >= 0.6 is 0 Å². The summed E-state index contributed by atoms with van der Waals surface area (Å²) in [5, 5.41) is 0. The number of carbonyl (C=O) groups is 2. The van der Waals surface area contributed by atoms with Crippen LogP contribution in [0.15, 0.2) is 12.2 Å². The molecule has 0 radical (unpaired) electrons. The monoisotopic (exact) mass is 253 g/mol. The number of ketones is 1. The van der Waals surface area contributed by atoms with Crippen molar-refractivity contribution in [3.8, 4) is 0 Å². The molecular weight excluding hydrogens is 226 g/mol. The highest BCUT2D eigenvalue weighted by atomic mass is 16.2. The van der Waals surface area contributed by atoms with Crippen LogP contribution in [0.4, 0.5) is 0 Å². The van der Waals surface area contributed by atoms with Crippen molar-refractivity contribution in [3.05, 3.63) is 12.2 Å². The Bertz CT molecular complexity index is 276. The number of carbonyl (C=O) groups excluding carboxylic acids is 2. The molecule has 1 aliphatic rings. The third-order valence-corrected chi connectivity index (χ3v) is 3.07. The average Bonchev–Trinajstić information content (AvgIpc) is 2.39. The number of rotatable bonds is 4. The first-order valence-electron chi connectivity index (χ1n) is 7.06. The van der Waals surface area contributed by atoms with E-state index >= 15 is 0 Å². The van der Waals surface area contributed by atoms with Crippen molar-refractivity contribution in [2.24, 2.45) is 5.92 Å². The Kier molecular flexibility index (Phi) is 9.25. The number of piperidine rings is 1. The maximum atomic E-state index is 11.8. The fourth-order valence-electron chi connectivity index (χ4n) is 1.92. The third kappa shape index (κ3) is 6.58. The molecule has 3 nitrogen and oxygen atoms in total. The van der Waals surface area contributed by atoms with Gasteiger partial charge in [-0.2, -0.15) is 0 Å². The lowest BCUT2D eigenvalue weighted by Gasteiger charge is -2.30. The second-order valence-electron chi connectivity index (χ2n) is 4.53. The molecule has 0 saturated carbocycles. The molecule has 1 heterocycles. The van der Waals surface area contributed by atoms with Gasteiger partial charge in [-0.05, 0) is 31.8 Å². The third-order valence-electron chi connectivity index (χ3n) is 3.07. The molecule has 1 fully saturated rings. The summed E-state index contributed by atoms with van der Waals surface area (Å²) in [6, 6.07) is 0. The summed E-state index contributed by atoms with van der Waals surface area (Å²) in [6.45, 7) is 9.75. The zero-order valence-corrected chi connectivity index (χ0v) is 12.2. The highest BCUT2D eigenvalue weighted by molar-refractivity contribution is 5.92. The van der Waals surface area contributed by atoms with Gasteiger partial charge in [0.1, 0.15) is 0 Å². The van der Waals surface area contributed by atoms with E-state index in [0.717, 1.165) is 31.8 Å². The van der Waals surface area contributed by atoms with Crippen molar-refractivity contribution in [1.29, 1.82) is 0 Å². The summed E-state index contributed by atoms with van der Waals surface area (Å²) in [5.74, 6) is 0.902. The van der Waals surface area contributed by atoms with Crippen molar-refractivity contribution in [3.63, 3.8) is 0 Å². The number of likely N-dealkylation sites (tertiary alicyclic amines) is 1. The molecule has 1 amide bonds. The van der Waals surface area contributed by atoms with Crippen LogP contribution in [0.2, 0.25) is 0 Å². The van der Waals surface area contributed by atoms with E-state index in [-0.39, 0.29) is 11.7 Å². The predicted molar refractivity (Wildman–Crippen MR) is 75.4 cm³/mol. The Morgan fingerprint density at radius 3 is 2.22 bits per heavy atom. The van der Waals surface area contributed by atoms with Gasteiger partial charge in [0.2, 0.25) is 5.91 Å². The SMILES string of the molecule is C/C=C/C(=O)CCC(=O)N1CCC(C)CC1.CC. The van der Waals surface area contributed by atoms with Gasteiger partial charge in [0.15, 0.2) is 5.78 Å². The lowest BCUT2D eigenvalue weighted by atomic mass is 9.99. The van der Waals surface area contributed by atoms with E-state index in [1.54, 1.807) is 6.08 Å². The number of hydrogen-bond donors (Lipinski definition) is 0. The van der Waals surface area contributed by atoms with E-state index < -0.39 is 0 Å². The molecule has 0 aliphatic carbocycles. The topological polar surface area (TPSA) is 37.4 Å². The fourth-order valence-corrected chi connectivity index (χ4v) is 1.92. The molecule has 0 aromatic carbocycles. The Morgan fingerprint density at radius 2 is 1.72 bits per heavy atom. The van der Waals surface area contributed by atoms with Crippen molar-refractivity contribution in [2.75, 3.05) is 13.1 Å². The molecule has 0 bridgehead atoms. The van der Waals surface area contributed by atoms with E-state index in [2.05, 4.69) is 6.92 Å². The summed E-state index contributed by atoms with van der Waals surface area (Å²) in [4.78, 5) is 24.9. The first-order valence-corrected chi connectivity index (χ1v) is 7.06. The molecule has 0 atom stereocenters. The van der Waals surface area contributed by atoms with Crippen LogP contribution in [-0.4, -0.2) is 29.7 Å². The molecule has 1 saturated heterocycles. The predicted octanol–water partition coefficient (Wildman–Crippen LogP) is 3.20. The maximum Gasteiger partial charge on any atom is 0.223 e. The lowest BCUT2D eigenvalue weighted by molar-refractivity contribution is -0.133. The van der Waals surface area contributed by atoms with Gasteiger partial charge in [0.05, 0.1) is 0 Å². The second-order valence-corrected chi connectivity index (χ2v) is 4.53. The zero-order valence-electron chi connectivity index (χ0n) is 12.2. The first-order chi connectivity index (χ1) is 8.63. The summed E-state index contributed by atoms with van der Waals surface area (Å²) in [5.41, 5.74) is 0. The molecule has 1 aliphatic heterocycles. The van der Waals surface area contributed by atoms with Gasteiger partial charge in [-0.25, -0.2) is 0 Å². The average molecular weight is 253 g/mol. The molecule has 0 unspecified atom stereocenters. The molecule has 0 N–H and O–H groups in total. The summed E-state index contributed by atoms with van der Waals surface area (Å²) in [6.07, 6.45) is 6.14. The molecule has 3 heteroatoms. The van der Waals surface area contributed by atoms with Crippen molar-refractivity contribution in [1.82, 2.24) is 4.90 Å². The molecule has 18 heavy (non-hydrogen) atoms. The molecule has 0 aromatic rings. The van der Waals surface area contributed by atoms with Crippen LogP contribution in [0.5, 0.6) is 0 Å². The molecule has 1 rings (SSSR count). The summed E-state index contributed by atoms with van der Waals surface area (Å²) >= 11 is 0. The van der Waals surface area contributed by atoms with Crippen molar-refractivity contribution in [2.45, 2.75) is 53.4 Å². The van der Waals surface area contributed by atoms with E-state index in [4.69, 9.17) is 0 Å². The Labute approximate surface area is 111 Å². The summed E-state index contributed by atoms with van der Waals surface area (Å²) in [7, 11) is 0. The van der Waals surface area contributed by atoms with Gasteiger partial charge in [0.25, 0.3) is 0 Å². The van der Waals surface area contributed by atoms with E-state index in [1.807, 2.05) is 25.7 Å². The van der Waals surface area contributed by atoms with Crippen LogP contribution in [0.25, 0.3) is 0 Å². The molecule has 0 spiro atoms.